The van der Waals surface area contributed by atoms with Crippen LogP contribution < -0.4 is 16.0 Å². The van der Waals surface area contributed by atoms with Gasteiger partial charge in [0.2, 0.25) is 0 Å². The predicted molar refractivity (Wildman–Crippen MR) is 87.1 cm³/mol. The van der Waals surface area contributed by atoms with Crippen LogP contribution in [0.2, 0.25) is 0 Å². The van der Waals surface area contributed by atoms with Gasteiger partial charge in [0.25, 0.3) is 0 Å². The van der Waals surface area contributed by atoms with Crippen molar-refractivity contribution >= 4 is 0 Å². The first-order valence-corrected chi connectivity index (χ1v) is 9.42. The van der Waals surface area contributed by atoms with Crippen LogP contribution in [0.25, 0.3) is 0 Å². The monoisotopic (exact) mass is 291 g/mol. The maximum Gasteiger partial charge on any atom is 0.0454 e. The molecule has 4 rings (SSSR count). The van der Waals surface area contributed by atoms with Gasteiger partial charge in [-0.25, -0.2) is 0 Å². The van der Waals surface area contributed by atoms with Crippen molar-refractivity contribution in [2.45, 2.75) is 57.8 Å². The Morgan fingerprint density at radius 3 is 2.10 bits per heavy atom. The van der Waals surface area contributed by atoms with Crippen LogP contribution in [0.5, 0.6) is 0 Å². The van der Waals surface area contributed by atoms with Gasteiger partial charge in [-0.15, -0.1) is 0 Å². The molecular formula is C18H33N3. The van der Waals surface area contributed by atoms with Crippen molar-refractivity contribution in [2.75, 3.05) is 32.8 Å². The van der Waals surface area contributed by atoms with Gasteiger partial charge in [0.15, 0.2) is 0 Å². The van der Waals surface area contributed by atoms with Crippen molar-refractivity contribution in [3.63, 3.8) is 0 Å². The summed E-state index contributed by atoms with van der Waals surface area (Å²) in [6.07, 6.45) is 13.4. The maximum atomic E-state index is 3.62. The fourth-order valence-electron chi connectivity index (χ4n) is 5.93. The first-order valence-electron chi connectivity index (χ1n) is 9.42. The molecule has 0 bridgehead atoms. The quantitative estimate of drug-likeness (QED) is 0.695. The minimum atomic E-state index is 0.637. The SMILES string of the molecule is C1CC2(CCC(C3CCC4(CCNC4)CC3)C2)CNCN1. The molecule has 0 aromatic carbocycles. The number of rotatable bonds is 1. The Bertz CT molecular complexity index is 343. The molecule has 120 valence electrons. The zero-order valence-corrected chi connectivity index (χ0v) is 13.6. The highest BCUT2D eigenvalue weighted by Gasteiger charge is 2.45. The molecule has 3 heteroatoms. The van der Waals surface area contributed by atoms with Gasteiger partial charge in [0, 0.05) is 19.8 Å². The molecule has 2 saturated carbocycles. The Hall–Kier alpha value is -0.120. The van der Waals surface area contributed by atoms with E-state index < -0.39 is 0 Å². The Morgan fingerprint density at radius 1 is 0.619 bits per heavy atom. The van der Waals surface area contributed by atoms with E-state index in [0.29, 0.717) is 10.8 Å². The van der Waals surface area contributed by atoms with Crippen LogP contribution in [0, 0.1) is 22.7 Å². The van der Waals surface area contributed by atoms with Crippen LogP contribution in [0.1, 0.15) is 57.8 Å². The molecule has 3 nitrogen and oxygen atoms in total. The van der Waals surface area contributed by atoms with Crippen molar-refractivity contribution < 1.29 is 0 Å². The zero-order valence-electron chi connectivity index (χ0n) is 13.6. The summed E-state index contributed by atoms with van der Waals surface area (Å²) in [6.45, 7) is 6.08. The van der Waals surface area contributed by atoms with Gasteiger partial charge in [-0.1, -0.05) is 0 Å². The van der Waals surface area contributed by atoms with E-state index in [1.54, 1.807) is 0 Å². The lowest BCUT2D eigenvalue weighted by Gasteiger charge is -2.39. The minimum Gasteiger partial charge on any atom is -0.316 e. The van der Waals surface area contributed by atoms with Crippen molar-refractivity contribution in [1.82, 2.24) is 16.0 Å². The van der Waals surface area contributed by atoms with E-state index in [0.717, 1.165) is 18.5 Å². The molecule has 0 amide bonds. The molecule has 2 spiro atoms. The van der Waals surface area contributed by atoms with E-state index in [1.807, 2.05) is 0 Å². The summed E-state index contributed by atoms with van der Waals surface area (Å²) >= 11 is 0. The van der Waals surface area contributed by atoms with Gasteiger partial charge < -0.3 is 16.0 Å². The maximum absolute atomic E-state index is 3.62. The molecule has 3 N–H and O–H groups in total. The summed E-state index contributed by atoms with van der Waals surface area (Å²) in [6, 6.07) is 0. The molecule has 2 unspecified atom stereocenters. The van der Waals surface area contributed by atoms with Gasteiger partial charge in [-0.2, -0.15) is 0 Å². The van der Waals surface area contributed by atoms with E-state index >= 15 is 0 Å². The molecule has 2 heterocycles. The lowest BCUT2D eigenvalue weighted by Crippen LogP contribution is -2.33. The minimum absolute atomic E-state index is 0.637. The van der Waals surface area contributed by atoms with Crippen LogP contribution in [-0.2, 0) is 0 Å². The highest BCUT2D eigenvalue weighted by atomic mass is 15.1. The second-order valence-electron chi connectivity index (χ2n) is 8.62. The Morgan fingerprint density at radius 2 is 1.29 bits per heavy atom. The summed E-state index contributed by atoms with van der Waals surface area (Å²) in [7, 11) is 0. The summed E-state index contributed by atoms with van der Waals surface area (Å²) in [5, 5.41) is 10.7. The first-order chi connectivity index (χ1) is 10.3. The van der Waals surface area contributed by atoms with Crippen molar-refractivity contribution in [1.29, 1.82) is 0 Å². The molecular weight excluding hydrogens is 258 g/mol. The van der Waals surface area contributed by atoms with E-state index in [4.69, 9.17) is 0 Å². The highest BCUT2D eigenvalue weighted by molar-refractivity contribution is 4.98. The third-order valence-corrected chi connectivity index (χ3v) is 7.41. The van der Waals surface area contributed by atoms with E-state index in [9.17, 15) is 0 Å². The Kier molecular flexibility index (Phi) is 4.01. The van der Waals surface area contributed by atoms with Gasteiger partial charge in [-0.05, 0) is 93.5 Å². The second-order valence-corrected chi connectivity index (χ2v) is 8.62. The molecule has 4 fully saturated rings. The normalized spacial score (nSPS) is 48.0. The van der Waals surface area contributed by atoms with Gasteiger partial charge in [0.1, 0.15) is 0 Å². The van der Waals surface area contributed by atoms with E-state index in [2.05, 4.69) is 16.0 Å². The number of hydrogen-bond donors (Lipinski definition) is 3. The topological polar surface area (TPSA) is 36.1 Å². The predicted octanol–water partition coefficient (Wildman–Crippen LogP) is 2.48. The summed E-state index contributed by atoms with van der Waals surface area (Å²) in [5.74, 6) is 2.09. The summed E-state index contributed by atoms with van der Waals surface area (Å²) < 4.78 is 0. The third kappa shape index (κ3) is 2.89. The van der Waals surface area contributed by atoms with Crippen LogP contribution in [0.4, 0.5) is 0 Å². The molecule has 0 aromatic rings. The summed E-state index contributed by atoms with van der Waals surface area (Å²) in [4.78, 5) is 0. The van der Waals surface area contributed by atoms with Crippen molar-refractivity contribution in [3.05, 3.63) is 0 Å². The average Bonchev–Trinajstić information content (AvgIpc) is 3.05. The third-order valence-electron chi connectivity index (χ3n) is 7.41. The van der Waals surface area contributed by atoms with Gasteiger partial charge >= 0.3 is 0 Å². The van der Waals surface area contributed by atoms with Gasteiger partial charge in [0.05, 0.1) is 0 Å². The molecule has 0 radical (unpaired) electrons. The fourth-order valence-corrected chi connectivity index (χ4v) is 5.93. The number of hydrogen-bond acceptors (Lipinski definition) is 3. The molecule has 2 saturated heterocycles. The fraction of sp³-hybridized carbons (Fsp3) is 1.00. The van der Waals surface area contributed by atoms with Gasteiger partial charge in [-0.3, -0.25) is 0 Å². The molecule has 0 aromatic heterocycles. The lowest BCUT2D eigenvalue weighted by molar-refractivity contribution is 0.127. The smallest absolute Gasteiger partial charge is 0.0454 e. The Balaban J connectivity index is 1.34. The molecule has 2 aliphatic carbocycles. The van der Waals surface area contributed by atoms with E-state index in [1.165, 1.54) is 84.0 Å². The van der Waals surface area contributed by atoms with Crippen LogP contribution in [-0.4, -0.2) is 32.8 Å². The van der Waals surface area contributed by atoms with Crippen LogP contribution in [0.3, 0.4) is 0 Å². The second kappa shape index (κ2) is 5.82. The lowest BCUT2D eigenvalue weighted by atomic mass is 9.66. The molecule has 2 atom stereocenters. The van der Waals surface area contributed by atoms with Crippen molar-refractivity contribution in [3.8, 4) is 0 Å². The molecule has 4 aliphatic rings. The Labute approximate surface area is 130 Å². The molecule has 2 aliphatic heterocycles. The van der Waals surface area contributed by atoms with Crippen molar-refractivity contribution in [2.24, 2.45) is 22.7 Å². The molecule has 21 heavy (non-hydrogen) atoms. The van der Waals surface area contributed by atoms with E-state index in [-0.39, 0.29) is 0 Å². The average molecular weight is 291 g/mol. The number of nitrogens with one attached hydrogen (secondary N) is 3. The summed E-state index contributed by atoms with van der Waals surface area (Å²) in [5.41, 5.74) is 1.35. The van der Waals surface area contributed by atoms with Crippen LogP contribution >= 0.6 is 0 Å². The largest absolute Gasteiger partial charge is 0.316 e. The zero-order chi connectivity index (χ0) is 14.2. The first kappa shape index (κ1) is 14.5. The standard InChI is InChI=1S/C18H33N3/c1-4-17(7-9-19-12-17)5-2-15(1)16-3-6-18(11-16)8-10-20-14-21-13-18/h15-16,19-21H,1-14H2. The van der Waals surface area contributed by atoms with Crippen LogP contribution in [0.15, 0.2) is 0 Å². The highest BCUT2D eigenvalue weighted by Crippen LogP contribution is 2.52.